The number of aliphatic hydroxyl groups excluding tert-OH is 1. The van der Waals surface area contributed by atoms with E-state index in [9.17, 15) is 19.5 Å². The van der Waals surface area contributed by atoms with Crippen molar-refractivity contribution >= 4 is 23.6 Å². The predicted octanol–water partition coefficient (Wildman–Crippen LogP) is 5.18. The first-order chi connectivity index (χ1) is 26.8. The van der Waals surface area contributed by atoms with E-state index in [0.717, 1.165) is 65.0 Å². The maximum Gasteiger partial charge on any atom is 0.325 e. The Balaban J connectivity index is 1.01. The summed E-state index contributed by atoms with van der Waals surface area (Å²) in [6.07, 6.45) is 1.22. The first kappa shape index (κ1) is 38.0. The van der Waals surface area contributed by atoms with Crippen molar-refractivity contribution in [3.05, 3.63) is 125 Å². The average molecular weight is 748 g/mol. The average Bonchev–Trinajstić information content (AvgIpc) is 3.54. The van der Waals surface area contributed by atoms with E-state index in [2.05, 4.69) is 37.9 Å². The van der Waals surface area contributed by atoms with Gasteiger partial charge in [-0.3, -0.25) is 9.59 Å². The second kappa shape index (κ2) is 17.5. The zero-order valence-electron chi connectivity index (χ0n) is 31.1. The lowest BCUT2D eigenvalue weighted by atomic mass is 9.85. The van der Waals surface area contributed by atoms with Crippen LogP contribution in [0.2, 0.25) is 0 Å². The topological polar surface area (TPSA) is 142 Å². The van der Waals surface area contributed by atoms with Crippen molar-refractivity contribution in [2.75, 3.05) is 44.4 Å². The van der Waals surface area contributed by atoms with Gasteiger partial charge in [-0.2, -0.15) is 0 Å². The van der Waals surface area contributed by atoms with Gasteiger partial charge in [0, 0.05) is 43.9 Å². The van der Waals surface area contributed by atoms with E-state index < -0.39 is 23.8 Å². The second-order valence-corrected chi connectivity index (χ2v) is 14.3. The number of hydrogen-bond acceptors (Lipinski definition) is 9. The zero-order chi connectivity index (χ0) is 38.2. The van der Waals surface area contributed by atoms with Gasteiger partial charge in [-0.15, -0.1) is 0 Å². The molecule has 3 fully saturated rings. The highest BCUT2D eigenvalue weighted by molar-refractivity contribution is 5.93. The molecule has 55 heavy (non-hydrogen) atoms. The van der Waals surface area contributed by atoms with Crippen LogP contribution in [0.1, 0.15) is 60.8 Å². The number of piperidine rings is 1. The monoisotopic (exact) mass is 747 g/mol. The molecule has 4 aromatic rings. The highest BCUT2D eigenvalue weighted by atomic mass is 16.7. The van der Waals surface area contributed by atoms with Gasteiger partial charge in [-0.25, -0.2) is 4.79 Å². The van der Waals surface area contributed by atoms with E-state index in [1.165, 1.54) is 0 Å². The third-order valence-electron chi connectivity index (χ3n) is 10.8. The van der Waals surface area contributed by atoms with E-state index in [1.54, 1.807) is 6.92 Å². The number of anilines is 1. The van der Waals surface area contributed by atoms with Crippen molar-refractivity contribution in [1.29, 1.82) is 0 Å². The Bertz CT molecular complexity index is 1920. The molecular weight excluding hydrogens is 699 g/mol. The first-order valence-corrected chi connectivity index (χ1v) is 19.0. The normalized spacial score (nSPS) is 20.9. The zero-order valence-corrected chi connectivity index (χ0v) is 31.1. The first-order valence-electron chi connectivity index (χ1n) is 19.0. The molecule has 3 atom stereocenters. The van der Waals surface area contributed by atoms with Gasteiger partial charge in [-0.05, 0) is 65.8 Å². The lowest BCUT2D eigenvalue weighted by Gasteiger charge is -2.45. The van der Waals surface area contributed by atoms with Crippen LogP contribution in [-0.4, -0.2) is 79.0 Å². The molecule has 12 heteroatoms. The molecule has 0 radical (unpaired) electrons. The number of hydrogen-bond donors (Lipinski definition) is 4. The molecule has 12 nitrogen and oxygen atoms in total. The quantitative estimate of drug-likeness (QED) is 0.144. The van der Waals surface area contributed by atoms with Gasteiger partial charge in [0.15, 0.2) is 6.29 Å². The van der Waals surface area contributed by atoms with E-state index in [-0.39, 0.29) is 37.9 Å². The molecular formula is C43H49N5O7. The number of ether oxygens (including phenoxy) is 3. The number of carbonyl (C=O) groups is 3. The molecule has 288 valence electrons. The molecule has 0 saturated carbocycles. The van der Waals surface area contributed by atoms with E-state index >= 15 is 0 Å². The molecule has 7 rings (SSSR count). The number of nitrogens with one attached hydrogen (secondary N) is 3. The van der Waals surface area contributed by atoms with Crippen molar-refractivity contribution in [3.8, 4) is 11.1 Å². The van der Waals surface area contributed by atoms with Crippen LogP contribution in [0.5, 0.6) is 0 Å². The van der Waals surface area contributed by atoms with Crippen molar-refractivity contribution in [2.45, 2.75) is 63.4 Å². The van der Waals surface area contributed by atoms with Gasteiger partial charge in [0.2, 0.25) is 5.91 Å². The molecule has 3 saturated heterocycles. The van der Waals surface area contributed by atoms with Crippen molar-refractivity contribution in [1.82, 2.24) is 20.9 Å². The number of amides is 3. The van der Waals surface area contributed by atoms with Crippen LogP contribution in [0.25, 0.3) is 11.1 Å². The number of aliphatic hydroxyl groups is 1. The second-order valence-electron chi connectivity index (χ2n) is 14.3. The third-order valence-corrected chi connectivity index (χ3v) is 10.8. The maximum atomic E-state index is 13.3. The van der Waals surface area contributed by atoms with Gasteiger partial charge in [0.05, 0.1) is 32.1 Å². The van der Waals surface area contributed by atoms with Gasteiger partial charge in [0.1, 0.15) is 12.1 Å². The molecule has 0 aromatic heterocycles. The summed E-state index contributed by atoms with van der Waals surface area (Å²) in [7, 11) is 0. The van der Waals surface area contributed by atoms with E-state index in [0.29, 0.717) is 26.2 Å². The Morgan fingerprint density at radius 1 is 0.873 bits per heavy atom. The van der Waals surface area contributed by atoms with Crippen molar-refractivity contribution < 1.29 is 33.7 Å². The Hall–Kier alpha value is -5.27. The summed E-state index contributed by atoms with van der Waals surface area (Å²) in [5, 5.41) is 18.0. The van der Waals surface area contributed by atoms with E-state index in [1.807, 2.05) is 91.0 Å². The molecule has 3 aliphatic rings. The fourth-order valence-corrected chi connectivity index (χ4v) is 7.76. The van der Waals surface area contributed by atoms with Crippen molar-refractivity contribution in [2.24, 2.45) is 0 Å². The Morgan fingerprint density at radius 3 is 2.35 bits per heavy atom. The summed E-state index contributed by atoms with van der Waals surface area (Å²) in [4.78, 5) is 41.6. The third kappa shape index (κ3) is 9.00. The number of carbonyl (C=O) groups excluding carboxylic acids is 3. The highest BCUT2D eigenvalue weighted by Gasteiger charge is 2.50. The minimum Gasteiger partial charge on any atom is -0.465 e. The Labute approximate surface area is 321 Å². The number of benzene rings is 4. The van der Waals surface area contributed by atoms with Gasteiger partial charge < -0.3 is 45.1 Å². The molecule has 3 aliphatic heterocycles. The summed E-state index contributed by atoms with van der Waals surface area (Å²) in [6, 6.07) is 33.7. The predicted molar refractivity (Wildman–Crippen MR) is 208 cm³/mol. The van der Waals surface area contributed by atoms with Crippen LogP contribution in [-0.2, 0) is 37.0 Å². The van der Waals surface area contributed by atoms with Crippen LogP contribution < -0.4 is 20.9 Å². The molecule has 3 heterocycles. The molecule has 0 aliphatic carbocycles. The lowest BCUT2D eigenvalue weighted by molar-refractivity contribution is -0.253. The summed E-state index contributed by atoms with van der Waals surface area (Å²) in [5.74, 6) is -0.381. The number of urea groups is 1. The number of para-hydroxylation sites is 1. The summed E-state index contributed by atoms with van der Waals surface area (Å²) >= 11 is 0. The van der Waals surface area contributed by atoms with Crippen molar-refractivity contribution in [3.63, 3.8) is 0 Å². The minimum absolute atomic E-state index is 0.0193. The fourth-order valence-electron chi connectivity index (χ4n) is 7.76. The van der Waals surface area contributed by atoms with Crippen LogP contribution in [0.3, 0.4) is 0 Å². The largest absolute Gasteiger partial charge is 0.465 e. The van der Waals surface area contributed by atoms with E-state index in [4.69, 9.17) is 14.2 Å². The van der Waals surface area contributed by atoms with Gasteiger partial charge >= 0.3 is 12.0 Å². The van der Waals surface area contributed by atoms with Gasteiger partial charge in [0.25, 0.3) is 0 Å². The molecule has 3 amide bonds. The fraction of sp³-hybridized carbons (Fsp3) is 0.372. The SMILES string of the molecule is CCOC(=O)CNC(=O)NCc1cccc(-c2ccc([C@@H]3O[C@H](CN4CCC5(CC4)C(=O)NCN5c4ccccc4)C[C@H](c4ccc(CO)cc4)O3)cc2)c1. The summed E-state index contributed by atoms with van der Waals surface area (Å²) < 4.78 is 18.2. The highest BCUT2D eigenvalue weighted by Crippen LogP contribution is 2.40. The number of esters is 1. The Kier molecular flexibility index (Phi) is 12.1. The smallest absolute Gasteiger partial charge is 0.325 e. The molecule has 0 unspecified atom stereocenters. The summed E-state index contributed by atoms with van der Waals surface area (Å²) in [5.41, 5.74) is 6.20. The number of rotatable bonds is 12. The maximum absolute atomic E-state index is 13.3. The lowest BCUT2D eigenvalue weighted by Crippen LogP contribution is -2.57. The molecule has 1 spiro atoms. The van der Waals surface area contributed by atoms with Crippen LogP contribution in [0.4, 0.5) is 10.5 Å². The van der Waals surface area contributed by atoms with Crippen LogP contribution in [0.15, 0.2) is 103 Å². The standard InChI is InChI=1S/C43H49N5O7/c1-2-53-39(50)26-45-42(52)44-25-31-7-6-8-35(23-31)32-15-17-34(18-16-32)40-54-37(24-38(55-40)33-13-11-30(28-49)12-14-33)27-47-21-19-43(20-22-47)41(51)46-29-48(43)36-9-4-3-5-10-36/h3-18,23,37-38,40,49H,2,19-22,24-29H2,1H3,(H,46,51)(H2,44,45,52)/t37-,38+,40+/m0/s1. The molecule has 4 N–H and O–H groups in total. The Morgan fingerprint density at radius 2 is 1.62 bits per heavy atom. The molecule has 4 aromatic carbocycles. The number of nitrogens with zero attached hydrogens (tertiary/aromatic N) is 2. The minimum atomic E-state index is -0.593. The van der Waals surface area contributed by atoms with Crippen LogP contribution in [0, 0.1) is 0 Å². The molecule has 0 bridgehead atoms. The van der Waals surface area contributed by atoms with Crippen LogP contribution >= 0.6 is 0 Å². The van der Waals surface area contributed by atoms with Gasteiger partial charge in [-0.1, -0.05) is 84.9 Å². The summed E-state index contributed by atoms with van der Waals surface area (Å²) in [6.45, 7) is 4.85. The number of likely N-dealkylation sites (tertiary alicyclic amines) is 1.